The van der Waals surface area contributed by atoms with E-state index in [1.54, 1.807) is 31.4 Å². The Morgan fingerprint density at radius 2 is 1.69 bits per heavy atom. The Labute approximate surface area is 155 Å². The second-order valence-corrected chi connectivity index (χ2v) is 5.95. The fourth-order valence-electron chi connectivity index (χ4n) is 2.40. The highest BCUT2D eigenvalue weighted by atomic mass is 16.5. The van der Waals surface area contributed by atoms with Gasteiger partial charge in [0.15, 0.2) is 6.61 Å². The van der Waals surface area contributed by atoms with Gasteiger partial charge in [-0.2, -0.15) is 0 Å². The van der Waals surface area contributed by atoms with Crippen LogP contribution in [0.2, 0.25) is 0 Å². The smallest absolute Gasteiger partial charge is 0.262 e. The van der Waals surface area contributed by atoms with Crippen molar-refractivity contribution >= 4 is 11.6 Å². The monoisotopic (exact) mass is 357 g/mol. The molecule has 0 fully saturated rings. The lowest BCUT2D eigenvalue weighted by atomic mass is 10.2. The lowest BCUT2D eigenvalue weighted by molar-refractivity contribution is -0.118. The number of nitrogens with one attached hydrogen (secondary N) is 1. The van der Waals surface area contributed by atoms with E-state index in [4.69, 9.17) is 14.2 Å². The van der Waals surface area contributed by atoms with E-state index in [-0.39, 0.29) is 12.5 Å². The molecule has 26 heavy (non-hydrogen) atoms. The molecular weight excluding hydrogens is 330 g/mol. The molecule has 0 saturated heterocycles. The van der Waals surface area contributed by atoms with Crippen LogP contribution in [0.5, 0.6) is 17.2 Å². The summed E-state index contributed by atoms with van der Waals surface area (Å²) >= 11 is 0. The Morgan fingerprint density at radius 1 is 0.923 bits per heavy atom. The first-order valence-corrected chi connectivity index (χ1v) is 9.01. The molecule has 2 aromatic carbocycles. The van der Waals surface area contributed by atoms with Gasteiger partial charge in [-0.05, 0) is 42.8 Å². The Bertz CT molecular complexity index is 670. The molecule has 0 heterocycles. The third-order valence-corrected chi connectivity index (χ3v) is 3.81. The van der Waals surface area contributed by atoms with Gasteiger partial charge in [-0.3, -0.25) is 4.79 Å². The van der Waals surface area contributed by atoms with Crippen molar-refractivity contribution < 1.29 is 19.0 Å². The number of benzene rings is 2. The van der Waals surface area contributed by atoms with Crippen LogP contribution in [0.25, 0.3) is 0 Å². The zero-order valence-corrected chi connectivity index (χ0v) is 15.5. The number of unbranched alkanes of at least 4 members (excludes halogenated alkanes) is 3. The molecule has 0 radical (unpaired) electrons. The van der Waals surface area contributed by atoms with Crippen molar-refractivity contribution in [3.63, 3.8) is 0 Å². The lowest BCUT2D eigenvalue weighted by Crippen LogP contribution is -2.20. The molecule has 0 aliphatic rings. The maximum atomic E-state index is 12.1. The van der Waals surface area contributed by atoms with Crippen LogP contribution < -0.4 is 19.5 Å². The molecule has 1 N–H and O–H groups in total. The molecule has 0 aliphatic heterocycles. The van der Waals surface area contributed by atoms with Gasteiger partial charge in [0, 0.05) is 11.8 Å². The SMILES string of the molecule is CCCCCCOc1cccc(NC(=O)COc2ccc(OC)cc2)c1. The molecule has 0 aliphatic carbocycles. The third-order valence-electron chi connectivity index (χ3n) is 3.81. The van der Waals surface area contributed by atoms with E-state index in [9.17, 15) is 4.79 Å². The van der Waals surface area contributed by atoms with Crippen molar-refractivity contribution in [1.82, 2.24) is 0 Å². The maximum Gasteiger partial charge on any atom is 0.262 e. The molecule has 0 unspecified atom stereocenters. The summed E-state index contributed by atoms with van der Waals surface area (Å²) in [6.07, 6.45) is 4.66. The molecule has 0 saturated carbocycles. The zero-order valence-electron chi connectivity index (χ0n) is 15.5. The van der Waals surface area contributed by atoms with E-state index in [2.05, 4.69) is 12.2 Å². The molecule has 2 aromatic rings. The summed E-state index contributed by atoms with van der Waals surface area (Å²) in [7, 11) is 1.60. The van der Waals surface area contributed by atoms with Crippen LogP contribution in [0.1, 0.15) is 32.6 Å². The summed E-state index contributed by atoms with van der Waals surface area (Å²) in [4.78, 5) is 12.1. The maximum absolute atomic E-state index is 12.1. The van der Waals surface area contributed by atoms with Crippen LogP contribution in [0.4, 0.5) is 5.69 Å². The molecule has 0 bridgehead atoms. The standard InChI is InChI=1S/C21H27NO4/c1-3-4-5-6-14-25-20-9-7-8-17(15-20)22-21(23)16-26-19-12-10-18(24-2)11-13-19/h7-13,15H,3-6,14,16H2,1-2H3,(H,22,23). The minimum Gasteiger partial charge on any atom is -0.497 e. The largest absolute Gasteiger partial charge is 0.497 e. The van der Waals surface area contributed by atoms with E-state index >= 15 is 0 Å². The molecule has 0 aromatic heterocycles. The predicted octanol–water partition coefficient (Wildman–Crippen LogP) is 4.67. The Balaban J connectivity index is 1.76. The fourth-order valence-corrected chi connectivity index (χ4v) is 2.40. The minimum absolute atomic E-state index is 0.0611. The van der Waals surface area contributed by atoms with E-state index in [0.29, 0.717) is 18.0 Å². The quantitative estimate of drug-likeness (QED) is 0.594. The Kier molecular flexibility index (Phi) is 8.33. The lowest BCUT2D eigenvalue weighted by Gasteiger charge is -2.10. The second kappa shape index (κ2) is 11.0. The normalized spacial score (nSPS) is 10.2. The molecule has 0 atom stereocenters. The van der Waals surface area contributed by atoms with Crippen molar-refractivity contribution in [3.05, 3.63) is 48.5 Å². The molecule has 140 valence electrons. The summed E-state index contributed by atoms with van der Waals surface area (Å²) in [5.74, 6) is 1.90. The highest BCUT2D eigenvalue weighted by molar-refractivity contribution is 5.92. The van der Waals surface area contributed by atoms with Gasteiger partial charge in [-0.15, -0.1) is 0 Å². The molecule has 1 amide bonds. The molecule has 5 heteroatoms. The van der Waals surface area contributed by atoms with Gasteiger partial charge in [-0.25, -0.2) is 0 Å². The van der Waals surface area contributed by atoms with Gasteiger partial charge in [0.25, 0.3) is 5.91 Å². The van der Waals surface area contributed by atoms with E-state index in [1.165, 1.54) is 19.3 Å². The van der Waals surface area contributed by atoms with Gasteiger partial charge in [0.2, 0.25) is 0 Å². The van der Waals surface area contributed by atoms with E-state index < -0.39 is 0 Å². The number of hydrogen-bond donors (Lipinski definition) is 1. The first-order valence-electron chi connectivity index (χ1n) is 9.01. The van der Waals surface area contributed by atoms with Crippen molar-refractivity contribution in [2.24, 2.45) is 0 Å². The van der Waals surface area contributed by atoms with E-state index in [1.807, 2.05) is 24.3 Å². The van der Waals surface area contributed by atoms with Gasteiger partial charge < -0.3 is 19.5 Å². The van der Waals surface area contributed by atoms with Crippen LogP contribution in [0.15, 0.2) is 48.5 Å². The number of carbonyl (C=O) groups excluding carboxylic acids is 1. The van der Waals surface area contributed by atoms with Gasteiger partial charge >= 0.3 is 0 Å². The fraction of sp³-hybridized carbons (Fsp3) is 0.381. The second-order valence-electron chi connectivity index (χ2n) is 5.95. The Morgan fingerprint density at radius 3 is 2.42 bits per heavy atom. The van der Waals surface area contributed by atoms with Gasteiger partial charge in [0.1, 0.15) is 17.2 Å². The predicted molar refractivity (Wildman–Crippen MR) is 103 cm³/mol. The van der Waals surface area contributed by atoms with Crippen molar-refractivity contribution in [2.75, 3.05) is 25.6 Å². The highest BCUT2D eigenvalue weighted by Gasteiger charge is 2.05. The minimum atomic E-state index is -0.221. The Hall–Kier alpha value is -2.69. The average Bonchev–Trinajstić information content (AvgIpc) is 2.67. The molecule has 0 spiro atoms. The zero-order chi connectivity index (χ0) is 18.6. The summed E-state index contributed by atoms with van der Waals surface area (Å²) in [6.45, 7) is 2.82. The first-order chi connectivity index (χ1) is 12.7. The number of ether oxygens (including phenoxy) is 3. The molecular formula is C21H27NO4. The number of methoxy groups -OCH3 is 1. The van der Waals surface area contributed by atoms with Crippen LogP contribution >= 0.6 is 0 Å². The van der Waals surface area contributed by atoms with Crippen LogP contribution in [0, 0.1) is 0 Å². The topological polar surface area (TPSA) is 56.8 Å². The summed E-state index contributed by atoms with van der Waals surface area (Å²) in [6, 6.07) is 14.5. The van der Waals surface area contributed by atoms with Crippen molar-refractivity contribution in [2.45, 2.75) is 32.6 Å². The van der Waals surface area contributed by atoms with Crippen LogP contribution in [-0.4, -0.2) is 26.2 Å². The number of hydrogen-bond acceptors (Lipinski definition) is 4. The summed E-state index contributed by atoms with van der Waals surface area (Å²) in [5, 5.41) is 2.82. The highest BCUT2D eigenvalue weighted by Crippen LogP contribution is 2.19. The van der Waals surface area contributed by atoms with Crippen LogP contribution in [0.3, 0.4) is 0 Å². The average molecular weight is 357 g/mol. The van der Waals surface area contributed by atoms with Crippen LogP contribution in [-0.2, 0) is 4.79 Å². The molecule has 2 rings (SSSR count). The summed E-state index contributed by atoms with van der Waals surface area (Å²) < 4.78 is 16.3. The van der Waals surface area contributed by atoms with E-state index in [0.717, 1.165) is 17.9 Å². The van der Waals surface area contributed by atoms with Gasteiger partial charge in [-0.1, -0.05) is 32.3 Å². The number of amides is 1. The summed E-state index contributed by atoms with van der Waals surface area (Å²) in [5.41, 5.74) is 0.694. The number of anilines is 1. The molecule has 5 nitrogen and oxygen atoms in total. The number of carbonyl (C=O) groups is 1. The van der Waals surface area contributed by atoms with Gasteiger partial charge in [0.05, 0.1) is 13.7 Å². The third kappa shape index (κ3) is 7.05. The number of rotatable bonds is 11. The first kappa shape index (κ1) is 19.6. The van der Waals surface area contributed by atoms with Crippen molar-refractivity contribution in [3.8, 4) is 17.2 Å². The van der Waals surface area contributed by atoms with Crippen molar-refractivity contribution in [1.29, 1.82) is 0 Å².